The summed E-state index contributed by atoms with van der Waals surface area (Å²) in [4.78, 5) is 16.8. The number of hydrazone groups is 1. The highest BCUT2D eigenvalue weighted by Gasteiger charge is 2.36. The number of hydrogen-bond acceptors (Lipinski definition) is 7. The van der Waals surface area contributed by atoms with Crippen molar-refractivity contribution in [3.8, 4) is 17.2 Å². The number of halogens is 1. The normalized spacial score (nSPS) is 16.3. The van der Waals surface area contributed by atoms with Crippen LogP contribution in [-0.4, -0.2) is 46.8 Å². The summed E-state index contributed by atoms with van der Waals surface area (Å²) >= 11 is 7.38. The Bertz CT molecular complexity index is 1290. The number of aliphatic imine (C=N–C) groups is 1. The number of rotatable bonds is 9. The maximum absolute atomic E-state index is 12.7. The Kier molecular flexibility index (Phi) is 8.01. The summed E-state index contributed by atoms with van der Waals surface area (Å²) in [5, 5.41) is 16.3. The highest BCUT2D eigenvalue weighted by atomic mass is 35.5. The summed E-state index contributed by atoms with van der Waals surface area (Å²) in [5.41, 5.74) is 1.79. The molecule has 0 spiro atoms. The molecule has 2 aromatic carbocycles. The van der Waals surface area contributed by atoms with Gasteiger partial charge in [-0.3, -0.25) is 10.2 Å². The van der Waals surface area contributed by atoms with Crippen molar-refractivity contribution in [2.45, 2.75) is 27.7 Å². The minimum absolute atomic E-state index is 0.000946. The smallest absolute Gasteiger partial charge is 0.283 e. The Morgan fingerprint density at radius 3 is 2.61 bits per heavy atom. The zero-order valence-electron chi connectivity index (χ0n) is 20.5. The highest BCUT2D eigenvalue weighted by molar-refractivity contribution is 8.27. The molecule has 0 radical (unpaired) electrons. The number of aryl methyl sites for hydroxylation is 1. The van der Waals surface area contributed by atoms with Crippen LogP contribution in [0.1, 0.15) is 31.9 Å². The van der Waals surface area contributed by atoms with Gasteiger partial charge >= 0.3 is 0 Å². The van der Waals surface area contributed by atoms with Crippen molar-refractivity contribution >= 4 is 51.4 Å². The Morgan fingerprint density at radius 2 is 1.89 bits per heavy atom. The van der Waals surface area contributed by atoms with Crippen LogP contribution < -0.4 is 14.2 Å². The van der Waals surface area contributed by atoms with Gasteiger partial charge in [-0.05, 0) is 73.1 Å². The van der Waals surface area contributed by atoms with E-state index < -0.39 is 5.91 Å². The van der Waals surface area contributed by atoms with E-state index >= 15 is 0 Å². The van der Waals surface area contributed by atoms with Crippen molar-refractivity contribution < 1.29 is 19.0 Å². The third-order valence-electron chi connectivity index (χ3n) is 5.28. The van der Waals surface area contributed by atoms with E-state index in [4.69, 9.17) is 31.2 Å². The summed E-state index contributed by atoms with van der Waals surface area (Å²) in [6.07, 6.45) is 1.62. The Labute approximate surface area is 219 Å². The van der Waals surface area contributed by atoms with E-state index in [2.05, 4.69) is 10.1 Å². The van der Waals surface area contributed by atoms with E-state index in [0.29, 0.717) is 47.1 Å². The third-order valence-corrected chi connectivity index (χ3v) is 6.91. The molecule has 2 aliphatic rings. The SMILES string of the molecule is CCOc1cc(C=C2C(=N)N3N=C(C(C)C)SC3=NC2=O)ccc1OCCOc1ccc(Cl)c(C)c1. The number of nitrogens with zero attached hydrogens (tertiary/aromatic N) is 3. The molecule has 1 amide bonds. The monoisotopic (exact) mass is 526 g/mol. The molecule has 0 unspecified atom stereocenters. The molecule has 0 bridgehead atoms. The molecule has 1 N–H and O–H groups in total. The number of carbonyl (C=O) groups is 1. The molecule has 0 saturated carbocycles. The molecule has 0 atom stereocenters. The van der Waals surface area contributed by atoms with E-state index in [1.54, 1.807) is 30.3 Å². The molecule has 2 aromatic rings. The Balaban J connectivity index is 1.46. The molecule has 0 fully saturated rings. The minimum Gasteiger partial charge on any atom is -0.490 e. The number of amidine groups is 2. The molecule has 188 valence electrons. The standard InChI is InChI=1S/C26H27ClN4O4S/c1-5-33-22-14-17(6-9-21(22)35-11-10-34-18-7-8-20(27)16(4)12-18)13-19-23(28)31-26(29-24(19)32)36-25(30-31)15(2)3/h6-9,12-15,28H,5,10-11H2,1-4H3. The van der Waals surface area contributed by atoms with Gasteiger partial charge in [-0.25, -0.2) is 0 Å². The molecular formula is C26H27ClN4O4S. The van der Waals surface area contributed by atoms with Gasteiger partial charge in [0.15, 0.2) is 17.3 Å². The molecule has 4 rings (SSSR count). The van der Waals surface area contributed by atoms with Crippen molar-refractivity contribution in [2.24, 2.45) is 16.0 Å². The summed E-state index contributed by atoms with van der Waals surface area (Å²) in [6.45, 7) is 8.92. The first-order valence-corrected chi connectivity index (χ1v) is 12.7. The van der Waals surface area contributed by atoms with Crippen molar-refractivity contribution in [3.63, 3.8) is 0 Å². The average molecular weight is 527 g/mol. The second-order valence-corrected chi connectivity index (χ2v) is 9.75. The molecule has 36 heavy (non-hydrogen) atoms. The van der Waals surface area contributed by atoms with E-state index in [-0.39, 0.29) is 17.3 Å². The first-order valence-electron chi connectivity index (χ1n) is 11.6. The second-order valence-electron chi connectivity index (χ2n) is 8.36. The van der Waals surface area contributed by atoms with Crippen LogP contribution in [-0.2, 0) is 4.79 Å². The number of fused-ring (bicyclic) bond motifs is 1. The Morgan fingerprint density at radius 1 is 1.11 bits per heavy atom. The van der Waals surface area contributed by atoms with Crippen LogP contribution in [0.3, 0.4) is 0 Å². The lowest BCUT2D eigenvalue weighted by Gasteiger charge is -2.20. The maximum atomic E-state index is 12.7. The minimum atomic E-state index is -0.466. The predicted octanol–water partition coefficient (Wildman–Crippen LogP) is 5.78. The number of benzene rings is 2. The zero-order chi connectivity index (χ0) is 25.8. The van der Waals surface area contributed by atoms with Gasteiger partial charge < -0.3 is 14.2 Å². The number of carbonyl (C=O) groups excluding carboxylic acids is 1. The van der Waals surface area contributed by atoms with Crippen LogP contribution in [0.4, 0.5) is 0 Å². The van der Waals surface area contributed by atoms with E-state index in [1.807, 2.05) is 39.8 Å². The molecule has 10 heteroatoms. The summed E-state index contributed by atoms with van der Waals surface area (Å²) in [6, 6.07) is 10.8. The first kappa shape index (κ1) is 25.8. The van der Waals surface area contributed by atoms with Crippen molar-refractivity contribution in [3.05, 3.63) is 58.1 Å². The van der Waals surface area contributed by atoms with Crippen LogP contribution in [0.2, 0.25) is 5.02 Å². The third kappa shape index (κ3) is 5.74. The number of thioether (sulfide) groups is 1. The zero-order valence-corrected chi connectivity index (χ0v) is 22.1. The van der Waals surface area contributed by atoms with E-state index in [0.717, 1.165) is 16.4 Å². The van der Waals surface area contributed by atoms with Gasteiger partial charge in [-0.15, -0.1) is 0 Å². The van der Waals surface area contributed by atoms with E-state index in [1.165, 1.54) is 16.8 Å². The lowest BCUT2D eigenvalue weighted by molar-refractivity contribution is -0.114. The molecule has 2 aliphatic heterocycles. The van der Waals surface area contributed by atoms with Gasteiger partial charge in [-0.1, -0.05) is 31.5 Å². The fourth-order valence-corrected chi connectivity index (χ4v) is 4.44. The van der Waals surface area contributed by atoms with E-state index in [9.17, 15) is 4.79 Å². The molecule has 0 saturated heterocycles. The van der Waals surface area contributed by atoms with Crippen LogP contribution in [0, 0.1) is 18.3 Å². The molecule has 0 aliphatic carbocycles. The van der Waals surface area contributed by atoms with Gasteiger partial charge in [0.05, 0.1) is 12.2 Å². The Hall–Kier alpha value is -3.30. The van der Waals surface area contributed by atoms with Crippen LogP contribution in [0.15, 0.2) is 52.1 Å². The van der Waals surface area contributed by atoms with Crippen LogP contribution >= 0.6 is 23.4 Å². The molecule has 2 heterocycles. The topological polar surface area (TPSA) is 96.6 Å². The number of ether oxygens (including phenoxy) is 3. The highest BCUT2D eigenvalue weighted by Crippen LogP contribution is 2.33. The lowest BCUT2D eigenvalue weighted by atomic mass is 10.1. The fraction of sp³-hybridized carbons (Fsp3) is 0.308. The van der Waals surface area contributed by atoms with Gasteiger partial charge in [0.2, 0.25) is 5.17 Å². The quantitative estimate of drug-likeness (QED) is 0.328. The van der Waals surface area contributed by atoms with Gasteiger partial charge in [0.25, 0.3) is 5.91 Å². The summed E-state index contributed by atoms with van der Waals surface area (Å²) in [5.74, 6) is 1.53. The fourth-order valence-electron chi connectivity index (χ4n) is 3.43. The first-order chi connectivity index (χ1) is 17.3. The number of nitrogens with one attached hydrogen (secondary N) is 1. The van der Waals surface area contributed by atoms with Gasteiger partial charge in [0.1, 0.15) is 24.0 Å². The number of amides is 1. The lowest BCUT2D eigenvalue weighted by Crippen LogP contribution is -2.35. The van der Waals surface area contributed by atoms with Crippen molar-refractivity contribution in [1.82, 2.24) is 5.01 Å². The van der Waals surface area contributed by atoms with Gasteiger partial charge in [0, 0.05) is 10.9 Å². The summed E-state index contributed by atoms with van der Waals surface area (Å²) < 4.78 is 17.4. The predicted molar refractivity (Wildman–Crippen MR) is 145 cm³/mol. The van der Waals surface area contributed by atoms with Crippen LogP contribution in [0.25, 0.3) is 6.08 Å². The number of hydrogen-bond donors (Lipinski definition) is 1. The van der Waals surface area contributed by atoms with Crippen molar-refractivity contribution in [2.75, 3.05) is 19.8 Å². The van der Waals surface area contributed by atoms with Gasteiger partial charge in [-0.2, -0.15) is 15.1 Å². The second kappa shape index (κ2) is 11.2. The average Bonchev–Trinajstić information content (AvgIpc) is 3.27. The molecule has 8 nitrogen and oxygen atoms in total. The summed E-state index contributed by atoms with van der Waals surface area (Å²) in [7, 11) is 0. The maximum Gasteiger partial charge on any atom is 0.283 e. The molecular weight excluding hydrogens is 500 g/mol. The largest absolute Gasteiger partial charge is 0.490 e. The van der Waals surface area contributed by atoms with Crippen molar-refractivity contribution in [1.29, 1.82) is 5.41 Å². The van der Waals surface area contributed by atoms with Crippen LogP contribution in [0.5, 0.6) is 17.2 Å². The molecule has 0 aromatic heterocycles.